The maximum absolute atomic E-state index is 12.4. The van der Waals surface area contributed by atoms with Gasteiger partial charge in [-0.2, -0.15) is 10.1 Å². The van der Waals surface area contributed by atoms with Crippen molar-refractivity contribution in [2.24, 2.45) is 5.10 Å². The van der Waals surface area contributed by atoms with Crippen molar-refractivity contribution >= 4 is 29.3 Å². The van der Waals surface area contributed by atoms with Crippen LogP contribution < -0.4 is 5.01 Å². The second kappa shape index (κ2) is 5.28. The first-order valence-corrected chi connectivity index (χ1v) is 6.47. The van der Waals surface area contributed by atoms with E-state index in [2.05, 4.69) is 5.10 Å². The van der Waals surface area contributed by atoms with E-state index in [9.17, 15) is 14.9 Å². The number of carbonyl (C=O) groups excluding carboxylic acids is 1. The Morgan fingerprint density at radius 3 is 2.59 bits per heavy atom. The fraction of sp³-hybridized carbons (Fsp3) is 0.0667. The van der Waals surface area contributed by atoms with Crippen molar-refractivity contribution in [1.82, 2.24) is 0 Å². The summed E-state index contributed by atoms with van der Waals surface area (Å²) in [6.45, 7) is 1.70. The normalized spacial score (nSPS) is 16.2. The van der Waals surface area contributed by atoms with Crippen LogP contribution in [0.15, 0.2) is 57.6 Å². The second-order valence-corrected chi connectivity index (χ2v) is 4.63. The predicted octanol–water partition coefficient (Wildman–Crippen LogP) is 2.99. The van der Waals surface area contributed by atoms with E-state index in [0.29, 0.717) is 17.0 Å². The molecule has 0 aliphatic carbocycles. The molecule has 7 nitrogen and oxygen atoms in total. The molecule has 0 unspecified atom stereocenters. The molecule has 110 valence electrons. The molecule has 2 heterocycles. The van der Waals surface area contributed by atoms with Gasteiger partial charge in [0.2, 0.25) is 0 Å². The van der Waals surface area contributed by atoms with Gasteiger partial charge in [-0.25, -0.2) is 0 Å². The summed E-state index contributed by atoms with van der Waals surface area (Å²) < 4.78 is 5.04. The van der Waals surface area contributed by atoms with Crippen molar-refractivity contribution < 1.29 is 14.1 Å². The van der Waals surface area contributed by atoms with Crippen LogP contribution in [0.2, 0.25) is 0 Å². The molecule has 0 fully saturated rings. The summed E-state index contributed by atoms with van der Waals surface area (Å²) in [6, 6.07) is 11.7. The van der Waals surface area contributed by atoms with Gasteiger partial charge in [0, 0.05) is 0 Å². The second-order valence-electron chi connectivity index (χ2n) is 4.63. The number of amides is 1. The molecule has 0 bridgehead atoms. The number of carbonyl (C=O) groups is 1. The molecule has 0 spiro atoms. The summed E-state index contributed by atoms with van der Waals surface area (Å²) in [5, 5.41) is 16.1. The van der Waals surface area contributed by atoms with Gasteiger partial charge < -0.3 is 4.42 Å². The zero-order chi connectivity index (χ0) is 15.7. The molecule has 1 amide bonds. The number of benzene rings is 1. The Labute approximate surface area is 125 Å². The van der Waals surface area contributed by atoms with Gasteiger partial charge >= 0.3 is 5.88 Å². The average Bonchev–Trinajstić information content (AvgIpc) is 3.09. The Hall–Kier alpha value is -3.22. The van der Waals surface area contributed by atoms with Crippen LogP contribution in [-0.4, -0.2) is 16.5 Å². The van der Waals surface area contributed by atoms with Crippen molar-refractivity contribution in [3.05, 3.63) is 63.9 Å². The molecule has 0 radical (unpaired) electrons. The van der Waals surface area contributed by atoms with Gasteiger partial charge in [-0.1, -0.05) is 18.2 Å². The molecule has 1 aromatic carbocycles. The lowest BCUT2D eigenvalue weighted by molar-refractivity contribution is -0.402. The molecule has 22 heavy (non-hydrogen) atoms. The molecule has 0 saturated carbocycles. The molecule has 2 aromatic rings. The third kappa shape index (κ3) is 2.39. The highest BCUT2D eigenvalue weighted by molar-refractivity contribution is 6.32. The fourth-order valence-corrected chi connectivity index (χ4v) is 2.09. The lowest BCUT2D eigenvalue weighted by Crippen LogP contribution is -2.21. The standard InChI is InChI=1S/C15H11N3O4/c1-10-13(9-12-7-8-14(22-12)18(20)21)15(19)17(16-10)11-5-3-2-4-6-11/h2-9H,1H3. The molecule has 1 aromatic heterocycles. The lowest BCUT2D eigenvalue weighted by Gasteiger charge is -2.10. The summed E-state index contributed by atoms with van der Waals surface area (Å²) >= 11 is 0. The first kappa shape index (κ1) is 13.7. The van der Waals surface area contributed by atoms with E-state index >= 15 is 0 Å². The number of para-hydroxylation sites is 1. The monoisotopic (exact) mass is 297 g/mol. The zero-order valence-corrected chi connectivity index (χ0v) is 11.6. The highest BCUT2D eigenvalue weighted by Gasteiger charge is 2.29. The molecule has 0 saturated heterocycles. The SMILES string of the molecule is CC1=NN(c2ccccc2)C(=O)C1=Cc1ccc([N+](=O)[O-])o1. The van der Waals surface area contributed by atoms with Crippen molar-refractivity contribution in [3.63, 3.8) is 0 Å². The number of anilines is 1. The Bertz CT molecular complexity index is 805. The smallest absolute Gasteiger partial charge is 0.401 e. The summed E-state index contributed by atoms with van der Waals surface area (Å²) in [4.78, 5) is 22.4. The van der Waals surface area contributed by atoms with Crippen molar-refractivity contribution in [1.29, 1.82) is 0 Å². The quantitative estimate of drug-likeness (QED) is 0.495. The summed E-state index contributed by atoms with van der Waals surface area (Å²) in [7, 11) is 0. The molecule has 1 aliphatic heterocycles. The van der Waals surface area contributed by atoms with E-state index in [4.69, 9.17) is 4.42 Å². The number of nitrogens with zero attached hydrogens (tertiary/aromatic N) is 3. The minimum Gasteiger partial charge on any atom is -0.401 e. The molecular weight excluding hydrogens is 286 g/mol. The van der Waals surface area contributed by atoms with Crippen molar-refractivity contribution in [2.75, 3.05) is 5.01 Å². The zero-order valence-electron chi connectivity index (χ0n) is 11.6. The minimum atomic E-state index is -0.629. The predicted molar refractivity (Wildman–Crippen MR) is 80.4 cm³/mol. The topological polar surface area (TPSA) is 89.0 Å². The molecule has 7 heteroatoms. The largest absolute Gasteiger partial charge is 0.433 e. The van der Waals surface area contributed by atoms with Crippen LogP contribution in [0.4, 0.5) is 11.6 Å². The third-order valence-electron chi connectivity index (χ3n) is 3.14. The van der Waals surface area contributed by atoms with Gasteiger partial charge in [0.05, 0.1) is 23.0 Å². The Morgan fingerprint density at radius 1 is 1.23 bits per heavy atom. The molecule has 3 rings (SSSR count). The van der Waals surface area contributed by atoms with Gasteiger partial charge in [0.1, 0.15) is 10.7 Å². The van der Waals surface area contributed by atoms with Crippen LogP contribution >= 0.6 is 0 Å². The summed E-state index contributed by atoms with van der Waals surface area (Å²) in [5.41, 5.74) is 1.52. The number of hydrogen-bond acceptors (Lipinski definition) is 5. The summed E-state index contributed by atoms with van der Waals surface area (Å²) in [6.07, 6.45) is 1.46. The van der Waals surface area contributed by atoms with Gasteiger partial charge in [-0.05, 0) is 31.2 Å². The lowest BCUT2D eigenvalue weighted by atomic mass is 10.1. The Balaban J connectivity index is 1.92. The third-order valence-corrected chi connectivity index (χ3v) is 3.14. The van der Waals surface area contributed by atoms with E-state index in [-0.39, 0.29) is 17.6 Å². The van der Waals surface area contributed by atoms with E-state index < -0.39 is 4.92 Å². The van der Waals surface area contributed by atoms with Crippen LogP contribution in [0.5, 0.6) is 0 Å². The van der Waals surface area contributed by atoms with E-state index in [1.54, 1.807) is 19.1 Å². The molecule has 1 aliphatic rings. The molecule has 0 N–H and O–H groups in total. The van der Waals surface area contributed by atoms with Gasteiger partial charge in [-0.15, -0.1) is 0 Å². The maximum Gasteiger partial charge on any atom is 0.433 e. The van der Waals surface area contributed by atoms with E-state index in [1.807, 2.05) is 18.2 Å². The average molecular weight is 297 g/mol. The van der Waals surface area contributed by atoms with Crippen LogP contribution in [0.25, 0.3) is 6.08 Å². The Kier molecular flexibility index (Phi) is 3.30. The van der Waals surface area contributed by atoms with Crippen LogP contribution in [0, 0.1) is 10.1 Å². The summed E-state index contributed by atoms with van der Waals surface area (Å²) in [5.74, 6) is -0.436. The van der Waals surface area contributed by atoms with Crippen LogP contribution in [0.1, 0.15) is 12.7 Å². The van der Waals surface area contributed by atoms with Crippen molar-refractivity contribution in [3.8, 4) is 0 Å². The highest BCUT2D eigenvalue weighted by atomic mass is 16.6. The Morgan fingerprint density at radius 2 is 1.95 bits per heavy atom. The number of rotatable bonds is 3. The minimum absolute atomic E-state index is 0.236. The van der Waals surface area contributed by atoms with Gasteiger partial charge in [-0.3, -0.25) is 14.9 Å². The number of nitro groups is 1. The molecular formula is C15H11N3O4. The van der Waals surface area contributed by atoms with E-state index in [1.165, 1.54) is 23.2 Å². The number of hydrazone groups is 1. The maximum atomic E-state index is 12.4. The molecule has 0 atom stereocenters. The highest BCUT2D eigenvalue weighted by Crippen LogP contribution is 2.26. The van der Waals surface area contributed by atoms with Gasteiger partial charge in [0.25, 0.3) is 5.91 Å². The fourth-order valence-electron chi connectivity index (χ4n) is 2.09. The number of hydrogen-bond donors (Lipinski definition) is 0. The first-order chi connectivity index (χ1) is 10.6. The van der Waals surface area contributed by atoms with Crippen LogP contribution in [0.3, 0.4) is 0 Å². The first-order valence-electron chi connectivity index (χ1n) is 6.47. The van der Waals surface area contributed by atoms with E-state index in [0.717, 1.165) is 0 Å². The van der Waals surface area contributed by atoms with Crippen molar-refractivity contribution in [2.45, 2.75) is 6.92 Å². The van der Waals surface area contributed by atoms with Crippen LogP contribution in [-0.2, 0) is 4.79 Å². The van der Waals surface area contributed by atoms with Gasteiger partial charge in [0.15, 0.2) is 0 Å². The number of furan rings is 1.